The molecule has 0 bridgehead atoms. The standard InChI is InChI=1S/C20H26O5/c1-11-7-6-8-12(2)10-16(24-19(22)20(5)14(4)25-20)17-13(3)18(21)23-15(17)9-11/h8-9,14-17H,3,6-7,10H2,1-2,4-5H3. The molecule has 5 unspecified atom stereocenters. The molecular formula is C20H26O5. The number of rotatable bonds is 2. The average molecular weight is 346 g/mol. The third-order valence-electron chi connectivity index (χ3n) is 5.47. The normalized spacial score (nSPS) is 38.2. The number of esters is 2. The maximum atomic E-state index is 12.6. The zero-order valence-corrected chi connectivity index (χ0v) is 15.3. The number of fused-ring (bicyclic) bond motifs is 1. The molecule has 0 N–H and O–H groups in total. The first-order chi connectivity index (χ1) is 11.7. The lowest BCUT2D eigenvalue weighted by Gasteiger charge is -2.28. The van der Waals surface area contributed by atoms with Crippen LogP contribution < -0.4 is 0 Å². The number of ether oxygens (including phenoxy) is 3. The van der Waals surface area contributed by atoms with E-state index in [0.717, 1.165) is 24.0 Å². The molecule has 0 aromatic heterocycles. The van der Waals surface area contributed by atoms with Crippen molar-refractivity contribution in [1.82, 2.24) is 0 Å². The molecule has 0 amide bonds. The van der Waals surface area contributed by atoms with Crippen molar-refractivity contribution in [3.63, 3.8) is 0 Å². The van der Waals surface area contributed by atoms with Gasteiger partial charge in [0.05, 0.1) is 12.0 Å². The predicted molar refractivity (Wildman–Crippen MR) is 92.7 cm³/mol. The van der Waals surface area contributed by atoms with Gasteiger partial charge in [0.15, 0.2) is 5.60 Å². The molecule has 2 heterocycles. The molecule has 3 rings (SSSR count). The minimum Gasteiger partial charge on any atom is -0.459 e. The number of carbonyl (C=O) groups excluding carboxylic acids is 2. The molecule has 5 atom stereocenters. The Balaban J connectivity index is 1.90. The van der Waals surface area contributed by atoms with Crippen molar-refractivity contribution in [2.75, 3.05) is 0 Å². The zero-order chi connectivity index (χ0) is 18.4. The van der Waals surface area contributed by atoms with Gasteiger partial charge >= 0.3 is 11.9 Å². The van der Waals surface area contributed by atoms with E-state index < -0.39 is 23.8 Å². The van der Waals surface area contributed by atoms with Gasteiger partial charge in [0.2, 0.25) is 0 Å². The summed E-state index contributed by atoms with van der Waals surface area (Å²) in [5.74, 6) is -1.17. The fraction of sp³-hybridized carbons (Fsp3) is 0.600. The van der Waals surface area contributed by atoms with Crippen LogP contribution >= 0.6 is 0 Å². The Labute approximate surface area is 148 Å². The molecule has 0 spiro atoms. The van der Waals surface area contributed by atoms with Crippen molar-refractivity contribution in [3.05, 3.63) is 35.5 Å². The first-order valence-corrected chi connectivity index (χ1v) is 8.84. The monoisotopic (exact) mass is 346 g/mol. The van der Waals surface area contributed by atoms with Gasteiger partial charge in [-0.3, -0.25) is 0 Å². The van der Waals surface area contributed by atoms with Crippen LogP contribution in [0.4, 0.5) is 0 Å². The van der Waals surface area contributed by atoms with Crippen LogP contribution in [0, 0.1) is 5.92 Å². The molecule has 25 heavy (non-hydrogen) atoms. The molecule has 136 valence electrons. The maximum absolute atomic E-state index is 12.6. The van der Waals surface area contributed by atoms with E-state index in [1.807, 2.05) is 26.8 Å². The third-order valence-corrected chi connectivity index (χ3v) is 5.47. The Morgan fingerprint density at radius 1 is 1.36 bits per heavy atom. The van der Waals surface area contributed by atoms with E-state index in [9.17, 15) is 9.59 Å². The van der Waals surface area contributed by atoms with Gasteiger partial charge in [0.25, 0.3) is 0 Å². The van der Waals surface area contributed by atoms with Gasteiger partial charge in [-0.2, -0.15) is 0 Å². The molecule has 2 aliphatic heterocycles. The van der Waals surface area contributed by atoms with Gasteiger partial charge < -0.3 is 14.2 Å². The predicted octanol–water partition coefficient (Wildman–Crippen LogP) is 3.25. The Morgan fingerprint density at radius 2 is 2.04 bits per heavy atom. The van der Waals surface area contributed by atoms with Gasteiger partial charge in [-0.15, -0.1) is 0 Å². The summed E-state index contributed by atoms with van der Waals surface area (Å²) in [5.41, 5.74) is 1.77. The van der Waals surface area contributed by atoms with Crippen LogP contribution in [0.3, 0.4) is 0 Å². The van der Waals surface area contributed by atoms with Crippen LogP contribution in [-0.4, -0.2) is 35.9 Å². The highest BCUT2D eigenvalue weighted by Crippen LogP contribution is 2.40. The molecular weight excluding hydrogens is 320 g/mol. The van der Waals surface area contributed by atoms with E-state index in [1.54, 1.807) is 6.92 Å². The number of carbonyl (C=O) groups is 2. The summed E-state index contributed by atoms with van der Waals surface area (Å²) >= 11 is 0. The lowest BCUT2D eigenvalue weighted by Crippen LogP contribution is -2.37. The first-order valence-electron chi connectivity index (χ1n) is 8.84. The number of epoxide rings is 1. The third kappa shape index (κ3) is 3.43. The van der Waals surface area contributed by atoms with Crippen molar-refractivity contribution < 1.29 is 23.8 Å². The topological polar surface area (TPSA) is 65.1 Å². The number of hydrogen-bond acceptors (Lipinski definition) is 5. The molecule has 1 aliphatic carbocycles. The first kappa shape index (κ1) is 17.9. The summed E-state index contributed by atoms with van der Waals surface area (Å²) in [6.45, 7) is 11.5. The van der Waals surface area contributed by atoms with Gasteiger partial charge in [-0.05, 0) is 46.6 Å². The molecule has 5 heteroatoms. The minimum absolute atomic E-state index is 0.154. The van der Waals surface area contributed by atoms with Crippen molar-refractivity contribution in [1.29, 1.82) is 0 Å². The van der Waals surface area contributed by atoms with E-state index in [1.165, 1.54) is 0 Å². The smallest absolute Gasteiger partial charge is 0.341 e. The summed E-state index contributed by atoms with van der Waals surface area (Å²) in [6, 6.07) is 0. The van der Waals surface area contributed by atoms with Crippen LogP contribution in [0.1, 0.15) is 47.0 Å². The fourth-order valence-electron chi connectivity index (χ4n) is 3.53. The molecule has 5 nitrogen and oxygen atoms in total. The highest BCUT2D eigenvalue weighted by molar-refractivity contribution is 5.91. The van der Waals surface area contributed by atoms with Crippen molar-refractivity contribution >= 4 is 11.9 Å². The largest absolute Gasteiger partial charge is 0.459 e. The van der Waals surface area contributed by atoms with Crippen LogP contribution in [0.25, 0.3) is 0 Å². The van der Waals surface area contributed by atoms with E-state index in [-0.39, 0.29) is 18.0 Å². The van der Waals surface area contributed by atoms with Gasteiger partial charge in [-0.25, -0.2) is 9.59 Å². The molecule has 3 aliphatic rings. The fourth-order valence-corrected chi connectivity index (χ4v) is 3.53. The lowest BCUT2D eigenvalue weighted by atomic mass is 9.85. The Hall–Kier alpha value is -1.88. The van der Waals surface area contributed by atoms with Crippen molar-refractivity contribution in [2.24, 2.45) is 5.92 Å². The highest BCUT2D eigenvalue weighted by Gasteiger charge is 2.58. The summed E-state index contributed by atoms with van der Waals surface area (Å²) in [7, 11) is 0. The summed E-state index contributed by atoms with van der Waals surface area (Å²) in [5, 5.41) is 0. The van der Waals surface area contributed by atoms with Crippen molar-refractivity contribution in [3.8, 4) is 0 Å². The molecule has 2 fully saturated rings. The maximum Gasteiger partial charge on any atom is 0.341 e. The van der Waals surface area contributed by atoms with Gasteiger partial charge in [0.1, 0.15) is 12.2 Å². The van der Waals surface area contributed by atoms with Crippen LogP contribution in [0.2, 0.25) is 0 Å². The summed E-state index contributed by atoms with van der Waals surface area (Å²) < 4.78 is 16.7. The molecule has 0 saturated carbocycles. The van der Waals surface area contributed by atoms with E-state index in [4.69, 9.17) is 14.2 Å². The molecule has 2 saturated heterocycles. The second-order valence-electron chi connectivity index (χ2n) is 7.54. The van der Waals surface area contributed by atoms with E-state index >= 15 is 0 Å². The van der Waals surface area contributed by atoms with Crippen LogP contribution in [0.15, 0.2) is 35.5 Å². The van der Waals surface area contributed by atoms with E-state index in [2.05, 4.69) is 12.7 Å². The summed E-state index contributed by atoms with van der Waals surface area (Å²) in [4.78, 5) is 24.7. The Bertz CT molecular complexity index is 674. The summed E-state index contributed by atoms with van der Waals surface area (Å²) in [6.07, 6.45) is 5.43. The number of allylic oxidation sites excluding steroid dienone is 2. The van der Waals surface area contributed by atoms with Gasteiger partial charge in [0, 0.05) is 12.0 Å². The number of hydrogen-bond donors (Lipinski definition) is 0. The minimum atomic E-state index is -0.890. The van der Waals surface area contributed by atoms with Crippen molar-refractivity contribution in [2.45, 2.75) is 70.9 Å². The van der Waals surface area contributed by atoms with Crippen LogP contribution in [-0.2, 0) is 23.8 Å². The molecule has 0 aromatic carbocycles. The second-order valence-corrected chi connectivity index (χ2v) is 7.54. The quantitative estimate of drug-likeness (QED) is 0.332. The Kier molecular flexibility index (Phi) is 4.62. The van der Waals surface area contributed by atoms with E-state index in [0.29, 0.717) is 12.0 Å². The average Bonchev–Trinajstić information content (AvgIpc) is 3.04. The Morgan fingerprint density at radius 3 is 2.68 bits per heavy atom. The zero-order valence-electron chi connectivity index (χ0n) is 15.3. The molecule has 0 radical (unpaired) electrons. The lowest BCUT2D eigenvalue weighted by molar-refractivity contribution is -0.157. The highest BCUT2D eigenvalue weighted by atomic mass is 16.7. The molecule has 0 aromatic rings. The SMILES string of the molecule is C=C1C(=O)OC2C=C(C)CCC=C(C)CC(OC(=O)C3(C)OC3C)C12. The van der Waals surface area contributed by atoms with Gasteiger partial charge in [-0.1, -0.05) is 23.8 Å². The second kappa shape index (κ2) is 6.45. The van der Waals surface area contributed by atoms with Crippen LogP contribution in [0.5, 0.6) is 0 Å².